The molecule has 1 aliphatic rings. The van der Waals surface area contributed by atoms with Crippen LogP contribution in [0, 0.1) is 0 Å². The predicted molar refractivity (Wildman–Crippen MR) is 83.4 cm³/mol. The van der Waals surface area contributed by atoms with Crippen LogP contribution < -0.4 is 0 Å². The molecule has 1 aromatic rings. The zero-order chi connectivity index (χ0) is 15.4. The van der Waals surface area contributed by atoms with Crippen molar-refractivity contribution in [2.45, 2.75) is 33.1 Å². The van der Waals surface area contributed by atoms with Gasteiger partial charge in [-0.1, -0.05) is 6.07 Å². The summed E-state index contributed by atoms with van der Waals surface area (Å²) in [7, 11) is 1.69. The first-order valence-corrected chi connectivity index (χ1v) is 7.71. The van der Waals surface area contributed by atoms with Crippen LogP contribution in [0.3, 0.4) is 0 Å². The Bertz CT molecular complexity index is 536. The molecule has 0 aromatic heterocycles. The minimum Gasteiger partial charge on any atom is -0.342 e. The van der Waals surface area contributed by atoms with Crippen LogP contribution in [0.4, 0.5) is 0 Å². The molecule has 0 saturated carbocycles. The van der Waals surface area contributed by atoms with Gasteiger partial charge in [0, 0.05) is 25.7 Å². The van der Waals surface area contributed by atoms with Crippen molar-refractivity contribution in [2.24, 2.45) is 0 Å². The quantitative estimate of drug-likeness (QED) is 0.832. The highest BCUT2D eigenvalue weighted by atomic mass is 16.2. The van der Waals surface area contributed by atoms with Gasteiger partial charge in [-0.25, -0.2) is 0 Å². The molecular weight excluding hydrogens is 264 g/mol. The van der Waals surface area contributed by atoms with E-state index >= 15 is 0 Å². The normalized spacial score (nSPS) is 12.9. The van der Waals surface area contributed by atoms with E-state index in [0.29, 0.717) is 18.7 Å². The second-order valence-electron chi connectivity index (χ2n) is 5.56. The van der Waals surface area contributed by atoms with Crippen LogP contribution >= 0.6 is 0 Å². The fraction of sp³-hybridized carbons (Fsp3) is 0.529. The van der Waals surface area contributed by atoms with Crippen LogP contribution in [0.25, 0.3) is 0 Å². The number of nitrogens with zero attached hydrogens (tertiary/aromatic N) is 2. The third-order valence-electron chi connectivity index (χ3n) is 4.18. The Morgan fingerprint density at radius 2 is 1.76 bits per heavy atom. The maximum Gasteiger partial charge on any atom is 0.254 e. The summed E-state index contributed by atoms with van der Waals surface area (Å²) in [4.78, 5) is 27.8. The average Bonchev–Trinajstić information content (AvgIpc) is 2.94. The first-order chi connectivity index (χ1) is 10.1. The minimum atomic E-state index is -0.0785. The smallest absolute Gasteiger partial charge is 0.254 e. The zero-order valence-electron chi connectivity index (χ0n) is 13.2. The molecule has 114 valence electrons. The summed E-state index contributed by atoms with van der Waals surface area (Å²) < 4.78 is 0. The maximum atomic E-state index is 12.4. The average molecular weight is 288 g/mol. The van der Waals surface area contributed by atoms with Gasteiger partial charge in [0.15, 0.2) is 0 Å². The van der Waals surface area contributed by atoms with E-state index in [1.54, 1.807) is 11.9 Å². The molecule has 4 heteroatoms. The van der Waals surface area contributed by atoms with Gasteiger partial charge in [0.05, 0.1) is 6.54 Å². The van der Waals surface area contributed by atoms with Crippen molar-refractivity contribution >= 4 is 11.8 Å². The monoisotopic (exact) mass is 288 g/mol. The summed E-state index contributed by atoms with van der Waals surface area (Å²) in [5.74, 6) is -0.0813. The maximum absolute atomic E-state index is 12.4. The SMILES string of the molecule is CCN(CC)C(=O)CN(C)C(=O)c1ccc2c(c1)CCC2. The van der Waals surface area contributed by atoms with Crippen molar-refractivity contribution in [3.8, 4) is 0 Å². The van der Waals surface area contributed by atoms with Gasteiger partial charge in [-0.3, -0.25) is 9.59 Å². The number of benzene rings is 1. The lowest BCUT2D eigenvalue weighted by molar-refractivity contribution is -0.131. The topological polar surface area (TPSA) is 40.6 Å². The molecule has 0 saturated heterocycles. The van der Waals surface area contributed by atoms with Crippen LogP contribution in [0.2, 0.25) is 0 Å². The summed E-state index contributed by atoms with van der Waals surface area (Å²) in [6, 6.07) is 5.92. The summed E-state index contributed by atoms with van der Waals surface area (Å²) >= 11 is 0. The first kappa shape index (κ1) is 15.5. The van der Waals surface area contributed by atoms with Crippen molar-refractivity contribution in [1.29, 1.82) is 0 Å². The molecule has 2 rings (SSSR count). The summed E-state index contributed by atoms with van der Waals surface area (Å²) in [6.07, 6.45) is 3.34. The highest BCUT2D eigenvalue weighted by Crippen LogP contribution is 2.23. The minimum absolute atomic E-state index is 0.00277. The highest BCUT2D eigenvalue weighted by molar-refractivity contribution is 5.96. The third kappa shape index (κ3) is 3.43. The Hall–Kier alpha value is -1.84. The number of hydrogen-bond donors (Lipinski definition) is 0. The van der Waals surface area contributed by atoms with Crippen molar-refractivity contribution < 1.29 is 9.59 Å². The number of carbonyl (C=O) groups is 2. The largest absolute Gasteiger partial charge is 0.342 e. The standard InChI is InChI=1S/C17H24N2O2/c1-4-19(5-2)16(20)12-18(3)17(21)15-10-9-13-7-6-8-14(13)11-15/h9-11H,4-8,12H2,1-3H3. The summed E-state index contributed by atoms with van der Waals surface area (Å²) in [5, 5.41) is 0. The Kier molecular flexibility index (Phi) is 4.99. The van der Waals surface area contributed by atoms with Gasteiger partial charge in [0.1, 0.15) is 0 Å². The van der Waals surface area contributed by atoms with E-state index in [2.05, 4.69) is 6.07 Å². The van der Waals surface area contributed by atoms with Crippen LogP contribution in [-0.2, 0) is 17.6 Å². The molecule has 0 bridgehead atoms. The highest BCUT2D eigenvalue weighted by Gasteiger charge is 2.19. The molecule has 0 aliphatic heterocycles. The van der Waals surface area contributed by atoms with Crippen LogP contribution in [0.1, 0.15) is 41.8 Å². The number of hydrogen-bond acceptors (Lipinski definition) is 2. The fourth-order valence-electron chi connectivity index (χ4n) is 2.88. The molecule has 0 heterocycles. The van der Waals surface area contributed by atoms with E-state index in [1.165, 1.54) is 22.4 Å². The molecule has 0 atom stereocenters. The molecular formula is C17H24N2O2. The first-order valence-electron chi connectivity index (χ1n) is 7.71. The molecule has 4 nitrogen and oxygen atoms in total. The molecule has 0 unspecified atom stereocenters. The van der Waals surface area contributed by atoms with Crippen molar-refractivity contribution in [3.05, 3.63) is 34.9 Å². The third-order valence-corrected chi connectivity index (χ3v) is 4.18. The van der Waals surface area contributed by atoms with E-state index in [4.69, 9.17) is 0 Å². The van der Waals surface area contributed by atoms with E-state index < -0.39 is 0 Å². The summed E-state index contributed by atoms with van der Waals surface area (Å²) in [6.45, 7) is 5.39. The van der Waals surface area contributed by atoms with Gasteiger partial charge in [0.25, 0.3) is 5.91 Å². The molecule has 0 spiro atoms. The van der Waals surface area contributed by atoms with E-state index in [9.17, 15) is 9.59 Å². The number of likely N-dealkylation sites (N-methyl/N-ethyl adjacent to an activating group) is 2. The summed E-state index contributed by atoms with van der Waals surface area (Å²) in [5.41, 5.74) is 3.32. The predicted octanol–water partition coefficient (Wildman–Crippen LogP) is 2.12. The molecule has 0 N–H and O–H groups in total. The Balaban J connectivity index is 2.04. The van der Waals surface area contributed by atoms with Crippen LogP contribution in [-0.4, -0.2) is 48.3 Å². The number of fused-ring (bicyclic) bond motifs is 1. The Morgan fingerprint density at radius 1 is 1.10 bits per heavy atom. The Labute approximate surface area is 126 Å². The molecule has 2 amide bonds. The molecule has 1 aliphatic carbocycles. The van der Waals surface area contributed by atoms with Crippen LogP contribution in [0.5, 0.6) is 0 Å². The van der Waals surface area contributed by atoms with Gasteiger partial charge < -0.3 is 9.80 Å². The number of aryl methyl sites for hydroxylation is 2. The number of rotatable bonds is 5. The van der Waals surface area contributed by atoms with Crippen LogP contribution in [0.15, 0.2) is 18.2 Å². The fourth-order valence-corrected chi connectivity index (χ4v) is 2.88. The van der Waals surface area contributed by atoms with Gasteiger partial charge >= 0.3 is 0 Å². The van der Waals surface area contributed by atoms with Crippen molar-refractivity contribution in [2.75, 3.05) is 26.7 Å². The lowest BCUT2D eigenvalue weighted by atomic mass is 10.1. The van der Waals surface area contributed by atoms with Gasteiger partial charge in [-0.2, -0.15) is 0 Å². The second kappa shape index (κ2) is 6.74. The van der Waals surface area contributed by atoms with Gasteiger partial charge in [0.2, 0.25) is 5.91 Å². The number of carbonyl (C=O) groups excluding carboxylic acids is 2. The Morgan fingerprint density at radius 3 is 2.43 bits per heavy atom. The van der Waals surface area contributed by atoms with E-state index in [-0.39, 0.29) is 18.4 Å². The van der Waals surface area contributed by atoms with Gasteiger partial charge in [-0.15, -0.1) is 0 Å². The molecule has 0 radical (unpaired) electrons. The molecule has 0 fully saturated rings. The van der Waals surface area contributed by atoms with E-state index in [1.807, 2.05) is 26.0 Å². The van der Waals surface area contributed by atoms with Crippen molar-refractivity contribution in [3.63, 3.8) is 0 Å². The molecule has 1 aromatic carbocycles. The zero-order valence-corrected chi connectivity index (χ0v) is 13.2. The lowest BCUT2D eigenvalue weighted by Gasteiger charge is -2.23. The van der Waals surface area contributed by atoms with E-state index in [0.717, 1.165) is 12.8 Å². The van der Waals surface area contributed by atoms with Gasteiger partial charge in [-0.05, 0) is 56.4 Å². The lowest BCUT2D eigenvalue weighted by Crippen LogP contribution is -2.41. The van der Waals surface area contributed by atoms with Crippen molar-refractivity contribution in [1.82, 2.24) is 9.80 Å². The number of amides is 2. The second-order valence-corrected chi connectivity index (χ2v) is 5.56. The molecule has 21 heavy (non-hydrogen) atoms.